The van der Waals surface area contributed by atoms with Crippen molar-refractivity contribution in [3.8, 4) is 5.75 Å². The third-order valence-corrected chi connectivity index (χ3v) is 4.82. The van der Waals surface area contributed by atoms with E-state index in [1.54, 1.807) is 7.11 Å². The van der Waals surface area contributed by atoms with Crippen LogP contribution in [0, 0.1) is 5.92 Å². The van der Waals surface area contributed by atoms with Gasteiger partial charge < -0.3 is 24.4 Å². The Bertz CT molecular complexity index is 643. The monoisotopic (exact) mass is 405 g/mol. The fraction of sp³-hybridized carbons (Fsp3) is 0.636. The molecule has 0 atom stereocenters. The number of nitrogens with one attached hydrogen (secondary N) is 1. The molecule has 0 amide bonds. The number of benzene rings is 1. The number of carbonyl (C=O) groups excluding carboxylic acids is 1. The predicted molar refractivity (Wildman–Crippen MR) is 114 cm³/mol. The summed E-state index contributed by atoms with van der Waals surface area (Å²) < 4.78 is 16.0. The molecular formula is C22H35N3O4. The first-order valence-corrected chi connectivity index (χ1v) is 10.6. The summed E-state index contributed by atoms with van der Waals surface area (Å²) in [5.41, 5.74) is 1.10. The zero-order valence-corrected chi connectivity index (χ0v) is 18.0. The van der Waals surface area contributed by atoms with Crippen molar-refractivity contribution in [3.05, 3.63) is 29.8 Å². The molecule has 1 saturated heterocycles. The smallest absolute Gasteiger partial charge is 0.309 e. The van der Waals surface area contributed by atoms with Gasteiger partial charge >= 0.3 is 5.97 Å². The van der Waals surface area contributed by atoms with Crippen LogP contribution in [0.3, 0.4) is 0 Å². The number of ether oxygens (including phenoxy) is 3. The van der Waals surface area contributed by atoms with Gasteiger partial charge in [0.1, 0.15) is 5.75 Å². The van der Waals surface area contributed by atoms with Crippen molar-refractivity contribution in [2.75, 3.05) is 46.6 Å². The van der Waals surface area contributed by atoms with Crippen LogP contribution in [0.1, 0.15) is 38.7 Å². The molecule has 0 aliphatic carbocycles. The number of rotatable bonds is 10. The molecule has 0 bridgehead atoms. The van der Waals surface area contributed by atoms with Crippen molar-refractivity contribution >= 4 is 11.9 Å². The number of guanidine groups is 1. The lowest BCUT2D eigenvalue weighted by atomic mass is 9.97. The van der Waals surface area contributed by atoms with Crippen LogP contribution in [0.2, 0.25) is 0 Å². The Morgan fingerprint density at radius 3 is 2.72 bits per heavy atom. The number of hydrogen-bond donors (Lipinski definition) is 1. The molecule has 1 N–H and O–H groups in total. The Morgan fingerprint density at radius 2 is 2.03 bits per heavy atom. The van der Waals surface area contributed by atoms with Gasteiger partial charge in [0.25, 0.3) is 0 Å². The molecular weight excluding hydrogens is 370 g/mol. The number of likely N-dealkylation sites (tertiary alicyclic amines) is 1. The van der Waals surface area contributed by atoms with E-state index in [1.807, 2.05) is 25.1 Å². The number of hydrogen-bond acceptors (Lipinski definition) is 5. The van der Waals surface area contributed by atoms with Crippen molar-refractivity contribution in [1.82, 2.24) is 10.2 Å². The van der Waals surface area contributed by atoms with E-state index in [9.17, 15) is 4.79 Å². The van der Waals surface area contributed by atoms with Crippen LogP contribution >= 0.6 is 0 Å². The van der Waals surface area contributed by atoms with Gasteiger partial charge in [-0.3, -0.25) is 4.79 Å². The summed E-state index contributed by atoms with van der Waals surface area (Å²) in [6, 6.07) is 8.05. The molecule has 1 aliphatic rings. The molecule has 0 saturated carbocycles. The van der Waals surface area contributed by atoms with Crippen LogP contribution in [-0.2, 0) is 20.8 Å². The normalized spacial score (nSPS) is 15.3. The molecule has 2 rings (SSSR count). The third kappa shape index (κ3) is 7.93. The number of esters is 1. The molecule has 162 valence electrons. The van der Waals surface area contributed by atoms with Gasteiger partial charge in [0, 0.05) is 39.8 Å². The fourth-order valence-corrected chi connectivity index (χ4v) is 3.31. The molecule has 1 fully saturated rings. The Balaban J connectivity index is 1.91. The van der Waals surface area contributed by atoms with Crippen LogP contribution in [0.5, 0.6) is 5.75 Å². The summed E-state index contributed by atoms with van der Waals surface area (Å²) in [5.74, 6) is 1.67. The van der Waals surface area contributed by atoms with Crippen molar-refractivity contribution in [2.45, 2.75) is 39.7 Å². The number of piperidine rings is 1. The molecule has 7 heteroatoms. The molecule has 29 heavy (non-hydrogen) atoms. The summed E-state index contributed by atoms with van der Waals surface area (Å²) in [5, 5.41) is 3.37. The Labute approximate surface area is 174 Å². The minimum absolute atomic E-state index is 0.000940. The van der Waals surface area contributed by atoms with E-state index in [2.05, 4.69) is 23.2 Å². The van der Waals surface area contributed by atoms with Crippen LogP contribution in [-0.4, -0.2) is 63.4 Å². The summed E-state index contributed by atoms with van der Waals surface area (Å²) in [6.45, 7) is 8.68. The highest BCUT2D eigenvalue weighted by molar-refractivity contribution is 5.80. The lowest BCUT2D eigenvalue weighted by molar-refractivity contribution is -0.149. The predicted octanol–water partition coefficient (Wildman–Crippen LogP) is 2.84. The zero-order valence-electron chi connectivity index (χ0n) is 18.0. The van der Waals surface area contributed by atoms with Gasteiger partial charge in [-0.1, -0.05) is 12.1 Å². The van der Waals surface area contributed by atoms with Crippen molar-refractivity contribution in [1.29, 1.82) is 0 Å². The third-order valence-electron chi connectivity index (χ3n) is 4.82. The number of aliphatic imine (C=N–C) groups is 1. The zero-order chi connectivity index (χ0) is 20.9. The van der Waals surface area contributed by atoms with E-state index in [0.717, 1.165) is 56.2 Å². The van der Waals surface area contributed by atoms with E-state index in [1.165, 1.54) is 0 Å². The maximum atomic E-state index is 11.9. The molecule has 1 aliphatic heterocycles. The minimum Gasteiger partial charge on any atom is -0.493 e. The van der Waals surface area contributed by atoms with Crippen molar-refractivity contribution in [3.63, 3.8) is 0 Å². The first kappa shape index (κ1) is 23.0. The van der Waals surface area contributed by atoms with Crippen molar-refractivity contribution < 1.29 is 19.0 Å². The molecule has 0 unspecified atom stereocenters. The number of nitrogens with zero attached hydrogens (tertiary/aromatic N) is 2. The number of carbonyl (C=O) groups is 1. The van der Waals surface area contributed by atoms with E-state index in [4.69, 9.17) is 19.2 Å². The molecule has 0 radical (unpaired) electrons. The van der Waals surface area contributed by atoms with Gasteiger partial charge in [0.2, 0.25) is 0 Å². The SMILES string of the molecule is CCNC(=NCc1cccc(OCCCOC)c1)N1CCC(C(=O)OCC)CC1. The second kappa shape index (κ2) is 13.0. The average Bonchev–Trinajstić information content (AvgIpc) is 2.75. The van der Waals surface area contributed by atoms with Crippen LogP contribution in [0.4, 0.5) is 0 Å². The Hall–Kier alpha value is -2.28. The molecule has 0 aromatic heterocycles. The Morgan fingerprint density at radius 1 is 1.24 bits per heavy atom. The number of methoxy groups -OCH3 is 1. The Kier molecular flexibility index (Phi) is 10.3. The van der Waals surface area contributed by atoms with Gasteiger partial charge in [-0.2, -0.15) is 0 Å². The molecule has 1 aromatic carbocycles. The van der Waals surface area contributed by atoms with Crippen LogP contribution in [0.25, 0.3) is 0 Å². The second-order valence-electron chi connectivity index (χ2n) is 7.03. The van der Waals surface area contributed by atoms with Gasteiger partial charge in [-0.25, -0.2) is 4.99 Å². The minimum atomic E-state index is -0.0728. The first-order valence-electron chi connectivity index (χ1n) is 10.6. The van der Waals surface area contributed by atoms with E-state index in [0.29, 0.717) is 26.4 Å². The average molecular weight is 406 g/mol. The van der Waals surface area contributed by atoms with Gasteiger partial charge in [0.05, 0.1) is 25.7 Å². The van der Waals surface area contributed by atoms with E-state index in [-0.39, 0.29) is 11.9 Å². The van der Waals surface area contributed by atoms with E-state index >= 15 is 0 Å². The van der Waals surface area contributed by atoms with Gasteiger partial charge in [-0.15, -0.1) is 0 Å². The van der Waals surface area contributed by atoms with Gasteiger partial charge in [-0.05, 0) is 44.4 Å². The van der Waals surface area contributed by atoms with Crippen LogP contribution in [0.15, 0.2) is 29.3 Å². The maximum Gasteiger partial charge on any atom is 0.309 e. The lowest BCUT2D eigenvalue weighted by Crippen LogP contribution is -2.46. The second-order valence-corrected chi connectivity index (χ2v) is 7.03. The fourth-order valence-electron chi connectivity index (χ4n) is 3.31. The standard InChI is InChI=1S/C22H35N3O4/c1-4-23-22(25-12-10-19(11-13-25)21(26)28-5-2)24-17-18-8-6-9-20(16-18)29-15-7-14-27-3/h6,8-9,16,19H,4-5,7,10-15,17H2,1-3H3,(H,23,24). The largest absolute Gasteiger partial charge is 0.493 e. The van der Waals surface area contributed by atoms with Gasteiger partial charge in [0.15, 0.2) is 5.96 Å². The van der Waals surface area contributed by atoms with Crippen LogP contribution < -0.4 is 10.1 Å². The quantitative estimate of drug-likeness (QED) is 0.279. The maximum absolute atomic E-state index is 11.9. The lowest BCUT2D eigenvalue weighted by Gasteiger charge is -2.33. The topological polar surface area (TPSA) is 72.4 Å². The highest BCUT2D eigenvalue weighted by Crippen LogP contribution is 2.19. The molecule has 0 spiro atoms. The molecule has 7 nitrogen and oxygen atoms in total. The highest BCUT2D eigenvalue weighted by atomic mass is 16.5. The first-order chi connectivity index (χ1) is 14.2. The van der Waals surface area contributed by atoms with E-state index < -0.39 is 0 Å². The summed E-state index contributed by atoms with van der Waals surface area (Å²) in [6.07, 6.45) is 2.47. The van der Waals surface area contributed by atoms with Crippen molar-refractivity contribution in [2.24, 2.45) is 10.9 Å². The molecule has 1 heterocycles. The summed E-state index contributed by atoms with van der Waals surface area (Å²) in [4.78, 5) is 19.0. The summed E-state index contributed by atoms with van der Waals surface area (Å²) >= 11 is 0. The highest BCUT2D eigenvalue weighted by Gasteiger charge is 2.27. The molecule has 1 aromatic rings. The summed E-state index contributed by atoms with van der Waals surface area (Å²) in [7, 11) is 1.69.